The lowest BCUT2D eigenvalue weighted by molar-refractivity contribution is -0.0498. The maximum absolute atomic E-state index is 13.6. The lowest BCUT2D eigenvalue weighted by Gasteiger charge is -2.11. The van der Waals surface area contributed by atoms with Crippen LogP contribution >= 0.6 is 11.3 Å². The summed E-state index contributed by atoms with van der Waals surface area (Å²) < 4.78 is 39.0. The molecule has 7 nitrogen and oxygen atoms in total. The van der Waals surface area contributed by atoms with E-state index in [0.717, 1.165) is 10.3 Å². The normalized spacial score (nSPS) is 11.5. The van der Waals surface area contributed by atoms with Crippen LogP contribution in [0, 0.1) is 0 Å². The zero-order valence-electron chi connectivity index (χ0n) is 16.7. The summed E-state index contributed by atoms with van der Waals surface area (Å²) >= 11 is 1.33. The Morgan fingerprint density at radius 1 is 1.16 bits per heavy atom. The van der Waals surface area contributed by atoms with Gasteiger partial charge < -0.3 is 13.9 Å². The van der Waals surface area contributed by atoms with Crippen LogP contribution in [-0.4, -0.2) is 32.2 Å². The maximum Gasteiger partial charge on any atom is 0.387 e. The zero-order chi connectivity index (χ0) is 22.2. The Balaban J connectivity index is 1.72. The molecule has 0 unspecified atom stereocenters. The molecule has 0 atom stereocenters. The van der Waals surface area contributed by atoms with Crippen molar-refractivity contribution in [3.63, 3.8) is 0 Å². The van der Waals surface area contributed by atoms with Gasteiger partial charge in [0.05, 0.1) is 22.6 Å². The van der Waals surface area contributed by atoms with Crippen LogP contribution in [0.3, 0.4) is 0 Å². The fourth-order valence-electron chi connectivity index (χ4n) is 3.46. The third kappa shape index (κ3) is 3.58. The summed E-state index contributed by atoms with van der Waals surface area (Å²) in [6, 6.07) is 11.3. The van der Waals surface area contributed by atoms with Gasteiger partial charge >= 0.3 is 6.61 Å². The van der Waals surface area contributed by atoms with Gasteiger partial charge in [0, 0.05) is 24.2 Å². The van der Waals surface area contributed by atoms with Crippen molar-refractivity contribution in [2.45, 2.75) is 13.5 Å². The van der Waals surface area contributed by atoms with E-state index < -0.39 is 6.61 Å². The Morgan fingerprint density at radius 2 is 1.97 bits per heavy atom. The van der Waals surface area contributed by atoms with Gasteiger partial charge in [-0.3, -0.25) is 9.36 Å². The Hall–Kier alpha value is -3.79. The SMILES string of the molecule is CCOc1nc2c(cc(-c3ccc4nccn4c3)c(=O)n2-c2ccc(OC(F)F)cc2)s1. The second-order valence-corrected chi connectivity index (χ2v) is 7.78. The number of hydrogen-bond acceptors (Lipinski definition) is 6. The van der Waals surface area contributed by atoms with Crippen molar-refractivity contribution in [2.24, 2.45) is 0 Å². The maximum atomic E-state index is 13.6. The van der Waals surface area contributed by atoms with E-state index >= 15 is 0 Å². The number of pyridine rings is 2. The molecule has 0 fully saturated rings. The highest BCUT2D eigenvalue weighted by Crippen LogP contribution is 2.32. The van der Waals surface area contributed by atoms with Crippen LogP contribution in [0.4, 0.5) is 8.78 Å². The highest BCUT2D eigenvalue weighted by Gasteiger charge is 2.18. The first-order chi connectivity index (χ1) is 15.5. The molecule has 5 rings (SSSR count). The average Bonchev–Trinajstić information content (AvgIpc) is 3.40. The molecule has 0 saturated heterocycles. The summed E-state index contributed by atoms with van der Waals surface area (Å²) in [5.74, 6) is 0.00281. The molecule has 0 bridgehead atoms. The molecule has 1 aromatic carbocycles. The van der Waals surface area contributed by atoms with Gasteiger partial charge in [0.25, 0.3) is 10.8 Å². The monoisotopic (exact) mass is 454 g/mol. The van der Waals surface area contributed by atoms with Crippen LogP contribution in [0.5, 0.6) is 10.9 Å². The first-order valence-electron chi connectivity index (χ1n) is 9.71. The lowest BCUT2D eigenvalue weighted by atomic mass is 10.1. The summed E-state index contributed by atoms with van der Waals surface area (Å²) in [5.41, 5.74) is 2.54. The van der Waals surface area contributed by atoms with E-state index in [1.54, 1.807) is 30.6 Å². The highest BCUT2D eigenvalue weighted by molar-refractivity contribution is 7.20. The number of aromatic nitrogens is 4. The van der Waals surface area contributed by atoms with Crippen molar-refractivity contribution in [1.82, 2.24) is 18.9 Å². The van der Waals surface area contributed by atoms with E-state index in [-0.39, 0.29) is 11.3 Å². The summed E-state index contributed by atoms with van der Waals surface area (Å²) in [5, 5.41) is 0.440. The van der Waals surface area contributed by atoms with Crippen molar-refractivity contribution in [1.29, 1.82) is 0 Å². The highest BCUT2D eigenvalue weighted by atomic mass is 32.1. The summed E-state index contributed by atoms with van der Waals surface area (Å²) in [7, 11) is 0. The van der Waals surface area contributed by atoms with Crippen LogP contribution in [0.1, 0.15) is 6.92 Å². The van der Waals surface area contributed by atoms with Crippen LogP contribution < -0.4 is 15.0 Å². The van der Waals surface area contributed by atoms with Crippen LogP contribution in [-0.2, 0) is 0 Å². The average molecular weight is 454 g/mol. The van der Waals surface area contributed by atoms with Crippen LogP contribution in [0.15, 0.2) is 65.8 Å². The topological polar surface area (TPSA) is 70.7 Å². The zero-order valence-corrected chi connectivity index (χ0v) is 17.6. The fourth-order valence-corrected chi connectivity index (χ4v) is 4.36. The van der Waals surface area contributed by atoms with Crippen molar-refractivity contribution in [3.05, 3.63) is 71.4 Å². The standard InChI is InChI=1S/C22H16F2N4O3S/c1-2-30-22-26-19-17(32-22)11-16(13-3-8-18-25-9-10-27(18)12-13)20(29)28(19)14-4-6-15(7-5-14)31-21(23)24/h3-12,21H,2H2,1H3. The Morgan fingerprint density at radius 3 is 2.72 bits per heavy atom. The molecule has 0 radical (unpaired) electrons. The minimum atomic E-state index is -2.93. The Bertz CT molecular complexity index is 1470. The molecule has 4 heterocycles. The smallest absolute Gasteiger partial charge is 0.387 e. The molecule has 5 aromatic rings. The molecule has 4 aromatic heterocycles. The van der Waals surface area contributed by atoms with Gasteiger partial charge in [-0.1, -0.05) is 11.3 Å². The summed E-state index contributed by atoms with van der Waals surface area (Å²) in [6.07, 6.45) is 5.32. The van der Waals surface area contributed by atoms with E-state index in [1.165, 1.54) is 28.0 Å². The first kappa shape index (κ1) is 20.1. The molecule has 0 spiro atoms. The molecule has 0 N–H and O–H groups in total. The minimum Gasteiger partial charge on any atom is -0.470 e. The number of thiazole rings is 1. The molecule has 0 aliphatic rings. The molecule has 32 heavy (non-hydrogen) atoms. The molecule has 0 saturated carbocycles. The van der Waals surface area contributed by atoms with Crippen molar-refractivity contribution in [2.75, 3.05) is 6.61 Å². The number of fused-ring (bicyclic) bond motifs is 2. The van der Waals surface area contributed by atoms with Gasteiger partial charge in [0.15, 0.2) is 5.65 Å². The van der Waals surface area contributed by atoms with Gasteiger partial charge in [0.1, 0.15) is 11.4 Å². The molecule has 0 aliphatic heterocycles. The Kier molecular flexibility index (Phi) is 5.06. The number of imidazole rings is 1. The number of benzene rings is 1. The summed E-state index contributed by atoms with van der Waals surface area (Å²) in [6.45, 7) is -0.635. The van der Waals surface area contributed by atoms with E-state index in [9.17, 15) is 13.6 Å². The number of nitrogens with zero attached hydrogens (tertiary/aromatic N) is 4. The largest absolute Gasteiger partial charge is 0.470 e. The third-order valence-electron chi connectivity index (χ3n) is 4.82. The quantitative estimate of drug-likeness (QED) is 0.370. The van der Waals surface area contributed by atoms with E-state index in [0.29, 0.717) is 34.3 Å². The predicted molar refractivity (Wildman–Crippen MR) is 117 cm³/mol. The van der Waals surface area contributed by atoms with Gasteiger partial charge in [0.2, 0.25) is 0 Å². The van der Waals surface area contributed by atoms with E-state index in [4.69, 9.17) is 4.74 Å². The Labute approximate surface area is 184 Å². The van der Waals surface area contributed by atoms with Crippen molar-refractivity contribution in [3.8, 4) is 27.8 Å². The molecular weight excluding hydrogens is 438 g/mol. The number of ether oxygens (including phenoxy) is 2. The van der Waals surface area contributed by atoms with Gasteiger partial charge in [-0.25, -0.2) is 4.98 Å². The van der Waals surface area contributed by atoms with Gasteiger partial charge in [-0.15, -0.1) is 0 Å². The number of rotatable bonds is 6. The third-order valence-corrected chi connectivity index (χ3v) is 5.73. The molecular formula is C22H16F2N4O3S. The van der Waals surface area contributed by atoms with E-state index in [1.807, 2.05) is 29.7 Å². The van der Waals surface area contributed by atoms with Gasteiger partial charge in [-0.2, -0.15) is 13.8 Å². The number of alkyl halides is 2. The first-order valence-corrected chi connectivity index (χ1v) is 10.5. The number of hydrogen-bond donors (Lipinski definition) is 0. The number of halogens is 2. The summed E-state index contributed by atoms with van der Waals surface area (Å²) in [4.78, 5) is 22.3. The van der Waals surface area contributed by atoms with Gasteiger partial charge in [-0.05, 0) is 49.4 Å². The molecule has 162 valence electrons. The molecule has 10 heteroatoms. The second-order valence-electron chi connectivity index (χ2n) is 6.78. The minimum absolute atomic E-state index is 0.00281. The van der Waals surface area contributed by atoms with E-state index in [2.05, 4.69) is 14.7 Å². The van der Waals surface area contributed by atoms with Crippen molar-refractivity contribution < 1.29 is 18.3 Å². The fraction of sp³-hybridized carbons (Fsp3) is 0.136. The lowest BCUT2D eigenvalue weighted by Crippen LogP contribution is -2.20. The predicted octanol–water partition coefficient (Wildman–Crippen LogP) is 4.76. The van der Waals surface area contributed by atoms with Crippen LogP contribution in [0.2, 0.25) is 0 Å². The molecule has 0 aliphatic carbocycles. The molecule has 0 amide bonds. The second kappa shape index (κ2) is 8.04. The van der Waals surface area contributed by atoms with Crippen molar-refractivity contribution >= 4 is 27.3 Å². The van der Waals surface area contributed by atoms with Crippen LogP contribution in [0.25, 0.3) is 32.8 Å².